The molecule has 0 aliphatic heterocycles. The van der Waals surface area contributed by atoms with Gasteiger partial charge in [-0.3, -0.25) is 0 Å². The maximum atomic E-state index is 12.9. The van der Waals surface area contributed by atoms with Gasteiger partial charge in [-0.2, -0.15) is 43.9 Å². The second-order valence-corrected chi connectivity index (χ2v) is 3.85. The molecule has 0 heterocycles. The second kappa shape index (κ2) is 7.01. The van der Waals surface area contributed by atoms with Gasteiger partial charge in [-0.15, -0.1) is 0 Å². The van der Waals surface area contributed by atoms with Crippen LogP contribution < -0.4 is 9.47 Å². The Balaban J connectivity index is 3.01. The summed E-state index contributed by atoms with van der Waals surface area (Å²) >= 11 is 0. The van der Waals surface area contributed by atoms with E-state index in [2.05, 4.69) is 9.47 Å². The van der Waals surface area contributed by atoms with Gasteiger partial charge in [0.05, 0.1) is 0 Å². The molecule has 0 aliphatic carbocycles. The number of hydrogen-bond acceptors (Lipinski definition) is 2. The summed E-state index contributed by atoms with van der Waals surface area (Å²) < 4.78 is 130. The average Bonchev–Trinajstić information content (AvgIpc) is 2.43. The molecule has 0 aliphatic rings. The third-order valence-electron chi connectivity index (χ3n) is 2.06. The zero-order chi connectivity index (χ0) is 18.7. The highest BCUT2D eigenvalue weighted by Gasteiger charge is 2.40. The molecule has 0 amide bonds. The van der Waals surface area contributed by atoms with E-state index >= 15 is 0 Å². The van der Waals surface area contributed by atoms with Crippen molar-refractivity contribution in [2.45, 2.75) is 12.4 Å². The summed E-state index contributed by atoms with van der Waals surface area (Å²) in [7, 11) is 0. The summed E-state index contributed by atoms with van der Waals surface area (Å²) in [6.07, 6.45) is -11.4. The Morgan fingerprint density at radius 2 is 1.00 bits per heavy atom. The summed E-state index contributed by atoms with van der Waals surface area (Å²) in [5.41, 5.74) is 0. The molecular weight excluding hydrogens is 366 g/mol. The lowest BCUT2D eigenvalue weighted by Gasteiger charge is -2.09. The molecular formula is C12H4F10O2. The molecule has 134 valence electrons. The van der Waals surface area contributed by atoms with Crippen molar-refractivity contribution >= 4 is 0 Å². The molecule has 0 saturated carbocycles. The minimum absolute atomic E-state index is 0.395. The van der Waals surface area contributed by atoms with Crippen LogP contribution in [0.1, 0.15) is 0 Å². The van der Waals surface area contributed by atoms with E-state index < -0.39 is 47.5 Å². The van der Waals surface area contributed by atoms with Crippen molar-refractivity contribution in [1.82, 2.24) is 0 Å². The van der Waals surface area contributed by atoms with Crippen molar-refractivity contribution in [3.63, 3.8) is 0 Å². The van der Waals surface area contributed by atoms with Crippen LogP contribution in [0.2, 0.25) is 0 Å². The summed E-state index contributed by atoms with van der Waals surface area (Å²) in [5, 5.41) is 0. The smallest absolute Gasteiger partial charge is 0.429 e. The lowest BCUT2D eigenvalue weighted by atomic mass is 10.3. The van der Waals surface area contributed by atoms with Crippen molar-refractivity contribution < 1.29 is 53.4 Å². The fraction of sp³-hybridized carbons (Fsp3) is 0.167. The Morgan fingerprint density at radius 3 is 1.29 bits per heavy atom. The van der Waals surface area contributed by atoms with Crippen LogP contribution in [-0.4, -0.2) is 12.4 Å². The third kappa shape index (κ3) is 5.35. The standard InChI is InChI=1S/C12H4F10O2/c13-7(11(17,18)19)9(15)23-5-2-1-3-6(4-5)24-10(16)8(14)12(20,21)22/h1-4H. The quantitative estimate of drug-likeness (QED) is 0.494. The summed E-state index contributed by atoms with van der Waals surface area (Å²) in [6.45, 7) is 0. The molecule has 1 rings (SSSR count). The van der Waals surface area contributed by atoms with Crippen LogP contribution in [0.4, 0.5) is 43.9 Å². The SMILES string of the molecule is FC(Oc1cccc(OC(F)=C(F)C(F)(F)F)c1)=C(F)C(F)(F)F. The van der Waals surface area contributed by atoms with E-state index in [0.29, 0.717) is 6.07 Å². The average molecular weight is 370 g/mol. The van der Waals surface area contributed by atoms with Crippen LogP contribution in [-0.2, 0) is 0 Å². The summed E-state index contributed by atoms with van der Waals surface area (Å²) in [6, 6.07) is -2.68. The lowest BCUT2D eigenvalue weighted by molar-refractivity contribution is -0.114. The van der Waals surface area contributed by atoms with Gasteiger partial charge in [-0.1, -0.05) is 6.07 Å². The zero-order valence-electron chi connectivity index (χ0n) is 10.9. The van der Waals surface area contributed by atoms with Crippen molar-refractivity contribution in [2.24, 2.45) is 0 Å². The first-order valence-electron chi connectivity index (χ1n) is 5.53. The van der Waals surface area contributed by atoms with Gasteiger partial charge in [0.15, 0.2) is 0 Å². The number of hydrogen-bond donors (Lipinski definition) is 0. The number of ether oxygens (including phenoxy) is 2. The maximum absolute atomic E-state index is 12.9. The molecule has 0 unspecified atom stereocenters. The largest absolute Gasteiger partial charge is 0.449 e. The van der Waals surface area contributed by atoms with Gasteiger partial charge in [0, 0.05) is 6.07 Å². The van der Waals surface area contributed by atoms with E-state index in [4.69, 9.17) is 0 Å². The highest BCUT2D eigenvalue weighted by Crippen LogP contribution is 2.33. The highest BCUT2D eigenvalue weighted by atomic mass is 19.4. The van der Waals surface area contributed by atoms with E-state index in [1.54, 1.807) is 0 Å². The van der Waals surface area contributed by atoms with Crippen molar-refractivity contribution in [3.8, 4) is 11.5 Å². The van der Waals surface area contributed by atoms with E-state index in [1.165, 1.54) is 0 Å². The summed E-state index contributed by atoms with van der Waals surface area (Å²) in [5.74, 6) is -8.18. The maximum Gasteiger partial charge on any atom is 0.449 e. The molecule has 2 nitrogen and oxygen atoms in total. The molecule has 12 heteroatoms. The Bertz CT molecular complexity index is 603. The molecule has 0 aromatic heterocycles. The fourth-order valence-corrected chi connectivity index (χ4v) is 1.12. The number of rotatable bonds is 4. The van der Waals surface area contributed by atoms with Gasteiger partial charge in [-0.05, 0) is 12.1 Å². The van der Waals surface area contributed by atoms with Crippen LogP contribution in [0.25, 0.3) is 0 Å². The minimum atomic E-state index is -5.68. The number of allylic oxidation sites excluding steroid dienone is 2. The molecule has 0 spiro atoms. The second-order valence-electron chi connectivity index (χ2n) is 3.85. The van der Waals surface area contributed by atoms with Gasteiger partial charge >= 0.3 is 24.4 Å². The van der Waals surface area contributed by atoms with Crippen molar-refractivity contribution in [2.75, 3.05) is 0 Å². The van der Waals surface area contributed by atoms with E-state index in [0.717, 1.165) is 18.2 Å². The topological polar surface area (TPSA) is 18.5 Å². The molecule has 0 atom stereocenters. The van der Waals surface area contributed by atoms with Crippen LogP contribution in [0, 0.1) is 0 Å². The molecule has 0 radical (unpaired) electrons. The van der Waals surface area contributed by atoms with E-state index in [9.17, 15) is 43.9 Å². The Kier molecular flexibility index (Phi) is 5.74. The Morgan fingerprint density at radius 1 is 0.667 bits per heavy atom. The van der Waals surface area contributed by atoms with Gasteiger partial charge in [-0.25, -0.2) is 0 Å². The number of benzene rings is 1. The van der Waals surface area contributed by atoms with Crippen molar-refractivity contribution in [1.29, 1.82) is 0 Å². The predicted molar refractivity (Wildman–Crippen MR) is 58.3 cm³/mol. The van der Waals surface area contributed by atoms with E-state index in [1.807, 2.05) is 0 Å². The van der Waals surface area contributed by atoms with Gasteiger partial charge < -0.3 is 9.47 Å². The molecule has 24 heavy (non-hydrogen) atoms. The van der Waals surface area contributed by atoms with Crippen LogP contribution >= 0.6 is 0 Å². The molecule has 1 aromatic rings. The molecule has 0 fully saturated rings. The van der Waals surface area contributed by atoms with Gasteiger partial charge in [0.25, 0.3) is 11.7 Å². The molecule has 1 aromatic carbocycles. The summed E-state index contributed by atoms with van der Waals surface area (Å²) in [4.78, 5) is 0. The monoisotopic (exact) mass is 370 g/mol. The van der Waals surface area contributed by atoms with Crippen LogP contribution in [0.5, 0.6) is 11.5 Å². The zero-order valence-corrected chi connectivity index (χ0v) is 10.9. The molecule has 0 saturated heterocycles. The first-order valence-corrected chi connectivity index (χ1v) is 5.53. The highest BCUT2D eigenvalue weighted by molar-refractivity contribution is 5.34. The van der Waals surface area contributed by atoms with Crippen LogP contribution in [0.15, 0.2) is 47.9 Å². The third-order valence-corrected chi connectivity index (χ3v) is 2.06. The van der Waals surface area contributed by atoms with Crippen LogP contribution in [0.3, 0.4) is 0 Å². The van der Waals surface area contributed by atoms with Gasteiger partial charge in [0.2, 0.25) is 0 Å². The van der Waals surface area contributed by atoms with Crippen molar-refractivity contribution in [3.05, 3.63) is 47.9 Å². The molecule has 0 N–H and O–H groups in total. The number of halogens is 10. The molecule has 0 bridgehead atoms. The number of alkyl halides is 6. The first kappa shape index (κ1) is 19.6. The van der Waals surface area contributed by atoms with E-state index in [-0.39, 0.29) is 0 Å². The predicted octanol–water partition coefficient (Wildman–Crippen LogP) is 5.79. The normalized spacial score (nSPS) is 14.8. The Hall–Kier alpha value is -2.40. The Labute approximate surface area is 126 Å². The first-order chi connectivity index (χ1) is 10.8. The fourth-order valence-electron chi connectivity index (χ4n) is 1.12. The minimum Gasteiger partial charge on any atom is -0.429 e. The lowest BCUT2D eigenvalue weighted by Crippen LogP contribution is -2.12. The van der Waals surface area contributed by atoms with Gasteiger partial charge in [0.1, 0.15) is 11.5 Å².